The number of nitrogens with two attached hydrogens (primary N) is 1. The molecule has 1 nitrogen and oxygen atoms in total. The van der Waals surface area contributed by atoms with Crippen LogP contribution in [0, 0.1) is 0 Å². The van der Waals surface area contributed by atoms with Gasteiger partial charge in [-0.25, -0.2) is 0 Å². The van der Waals surface area contributed by atoms with Gasteiger partial charge in [0.1, 0.15) is 0 Å². The Balaban J connectivity index is 1.78. The highest BCUT2D eigenvalue weighted by molar-refractivity contribution is 7.09. The highest BCUT2D eigenvalue weighted by Gasteiger charge is 2.27. The molecule has 1 aromatic carbocycles. The third-order valence-electron chi connectivity index (χ3n) is 3.71. The molecule has 3 rings (SSSR count). The van der Waals surface area contributed by atoms with Crippen LogP contribution < -0.4 is 5.73 Å². The van der Waals surface area contributed by atoms with Crippen molar-refractivity contribution in [2.75, 3.05) is 0 Å². The van der Waals surface area contributed by atoms with E-state index in [1.54, 1.807) is 0 Å². The summed E-state index contributed by atoms with van der Waals surface area (Å²) in [5.41, 5.74) is 9.37. The second-order valence-electron chi connectivity index (χ2n) is 4.79. The topological polar surface area (TPSA) is 26.0 Å². The van der Waals surface area contributed by atoms with Gasteiger partial charge in [-0.2, -0.15) is 0 Å². The summed E-state index contributed by atoms with van der Waals surface area (Å²) in [6.45, 7) is 0. The van der Waals surface area contributed by atoms with Crippen molar-refractivity contribution in [2.45, 2.75) is 31.2 Å². The Morgan fingerprint density at radius 1 is 1.24 bits per heavy atom. The van der Waals surface area contributed by atoms with Gasteiger partial charge >= 0.3 is 0 Å². The Bertz CT molecular complexity index is 489. The Labute approximate surface area is 106 Å². The first-order chi connectivity index (χ1) is 8.34. The van der Waals surface area contributed by atoms with Gasteiger partial charge in [0.05, 0.1) is 0 Å². The predicted molar refractivity (Wildman–Crippen MR) is 73.5 cm³/mol. The predicted octanol–water partition coefficient (Wildman–Crippen LogP) is 3.35. The summed E-state index contributed by atoms with van der Waals surface area (Å²) in [6.07, 6.45) is 3.42. The highest BCUT2D eigenvalue weighted by atomic mass is 32.1. The molecule has 2 heteroatoms. The maximum absolute atomic E-state index is 6.39. The number of aryl methyl sites for hydroxylation is 1. The van der Waals surface area contributed by atoms with E-state index in [1.807, 2.05) is 11.3 Å². The van der Waals surface area contributed by atoms with Crippen LogP contribution in [-0.2, 0) is 12.8 Å². The molecular weight excluding hydrogens is 226 g/mol. The Morgan fingerprint density at radius 2 is 2.12 bits per heavy atom. The van der Waals surface area contributed by atoms with Gasteiger partial charge in [-0.05, 0) is 47.8 Å². The van der Waals surface area contributed by atoms with Crippen molar-refractivity contribution in [2.24, 2.45) is 5.73 Å². The van der Waals surface area contributed by atoms with Gasteiger partial charge in [-0.15, -0.1) is 11.3 Å². The number of thiophene rings is 1. The molecule has 2 aromatic rings. The van der Waals surface area contributed by atoms with E-state index in [1.165, 1.54) is 28.8 Å². The molecule has 0 saturated carbocycles. The lowest BCUT2D eigenvalue weighted by molar-refractivity contribution is 0.528. The Kier molecular flexibility index (Phi) is 3.00. The molecule has 1 aliphatic rings. The molecule has 88 valence electrons. The van der Waals surface area contributed by atoms with Gasteiger partial charge in [0.15, 0.2) is 0 Å². The first-order valence-corrected chi connectivity index (χ1v) is 7.08. The maximum Gasteiger partial charge on any atom is 0.0157 e. The third kappa shape index (κ3) is 2.15. The fourth-order valence-corrected chi connectivity index (χ4v) is 3.62. The van der Waals surface area contributed by atoms with Crippen LogP contribution in [-0.4, -0.2) is 6.04 Å². The minimum Gasteiger partial charge on any atom is -0.327 e. The molecular formula is C15H17NS. The quantitative estimate of drug-likeness (QED) is 0.879. The molecule has 1 heterocycles. The van der Waals surface area contributed by atoms with Crippen molar-refractivity contribution in [3.05, 3.63) is 57.8 Å². The van der Waals surface area contributed by atoms with Crippen molar-refractivity contribution in [1.29, 1.82) is 0 Å². The fourth-order valence-electron chi connectivity index (χ4n) is 2.84. The summed E-state index contributed by atoms with van der Waals surface area (Å²) in [5.74, 6) is 0.549. The van der Waals surface area contributed by atoms with Crippen LogP contribution in [0.1, 0.15) is 28.3 Å². The molecule has 0 bridgehead atoms. The molecule has 2 N–H and O–H groups in total. The van der Waals surface area contributed by atoms with Crippen LogP contribution in [0.5, 0.6) is 0 Å². The van der Waals surface area contributed by atoms with E-state index in [-0.39, 0.29) is 6.04 Å². The van der Waals surface area contributed by atoms with E-state index in [4.69, 9.17) is 5.73 Å². The summed E-state index contributed by atoms with van der Waals surface area (Å²) < 4.78 is 0. The SMILES string of the molecule is NC(Cc1cccs1)C1CCc2ccccc21. The monoisotopic (exact) mass is 243 g/mol. The van der Waals surface area contributed by atoms with Gasteiger partial charge < -0.3 is 5.73 Å². The van der Waals surface area contributed by atoms with Gasteiger partial charge in [-0.1, -0.05) is 30.3 Å². The smallest absolute Gasteiger partial charge is 0.0157 e. The van der Waals surface area contributed by atoms with Gasteiger partial charge in [0.25, 0.3) is 0 Å². The lowest BCUT2D eigenvalue weighted by Crippen LogP contribution is -2.29. The molecule has 0 aliphatic heterocycles. The molecule has 0 saturated heterocycles. The van der Waals surface area contributed by atoms with Gasteiger partial charge in [0, 0.05) is 10.9 Å². The number of rotatable bonds is 3. The molecule has 0 spiro atoms. The summed E-state index contributed by atoms with van der Waals surface area (Å²) in [4.78, 5) is 1.40. The minimum absolute atomic E-state index is 0.261. The Morgan fingerprint density at radius 3 is 2.94 bits per heavy atom. The summed E-state index contributed by atoms with van der Waals surface area (Å²) >= 11 is 1.81. The largest absolute Gasteiger partial charge is 0.327 e. The first-order valence-electron chi connectivity index (χ1n) is 6.20. The van der Waals surface area contributed by atoms with E-state index in [0.717, 1.165) is 6.42 Å². The van der Waals surface area contributed by atoms with Crippen LogP contribution in [0.15, 0.2) is 41.8 Å². The Hall–Kier alpha value is -1.12. The van der Waals surface area contributed by atoms with E-state index in [9.17, 15) is 0 Å². The number of fused-ring (bicyclic) bond motifs is 1. The lowest BCUT2D eigenvalue weighted by Gasteiger charge is -2.19. The van der Waals surface area contributed by atoms with Crippen LogP contribution in [0.3, 0.4) is 0 Å². The molecule has 17 heavy (non-hydrogen) atoms. The second kappa shape index (κ2) is 4.63. The van der Waals surface area contributed by atoms with E-state index in [2.05, 4.69) is 41.8 Å². The number of hydrogen-bond acceptors (Lipinski definition) is 2. The molecule has 0 radical (unpaired) electrons. The van der Waals surface area contributed by atoms with Crippen LogP contribution in [0.2, 0.25) is 0 Å². The zero-order chi connectivity index (χ0) is 11.7. The fraction of sp³-hybridized carbons (Fsp3) is 0.333. The third-order valence-corrected chi connectivity index (χ3v) is 4.61. The zero-order valence-electron chi connectivity index (χ0n) is 9.80. The van der Waals surface area contributed by atoms with Gasteiger partial charge in [-0.3, -0.25) is 0 Å². The molecule has 1 aliphatic carbocycles. The number of benzene rings is 1. The molecule has 1 aromatic heterocycles. The average Bonchev–Trinajstić information content (AvgIpc) is 2.96. The second-order valence-corrected chi connectivity index (χ2v) is 5.82. The van der Waals surface area contributed by atoms with Crippen molar-refractivity contribution in [3.63, 3.8) is 0 Å². The summed E-state index contributed by atoms with van der Waals surface area (Å²) in [5, 5.41) is 2.13. The molecule has 2 unspecified atom stereocenters. The van der Waals surface area contributed by atoms with Crippen LogP contribution in [0.4, 0.5) is 0 Å². The molecule has 2 atom stereocenters. The van der Waals surface area contributed by atoms with E-state index in [0.29, 0.717) is 5.92 Å². The summed E-state index contributed by atoms with van der Waals surface area (Å²) in [6, 6.07) is 13.3. The van der Waals surface area contributed by atoms with Crippen molar-refractivity contribution < 1.29 is 0 Å². The van der Waals surface area contributed by atoms with E-state index < -0.39 is 0 Å². The molecule has 0 amide bonds. The van der Waals surface area contributed by atoms with Crippen molar-refractivity contribution >= 4 is 11.3 Å². The van der Waals surface area contributed by atoms with Crippen molar-refractivity contribution in [1.82, 2.24) is 0 Å². The lowest BCUT2D eigenvalue weighted by atomic mass is 9.91. The average molecular weight is 243 g/mol. The number of hydrogen-bond donors (Lipinski definition) is 1. The minimum atomic E-state index is 0.261. The standard InChI is InChI=1S/C15H17NS/c16-15(10-12-5-3-9-17-12)14-8-7-11-4-1-2-6-13(11)14/h1-6,9,14-15H,7-8,10,16H2. The van der Waals surface area contributed by atoms with Crippen molar-refractivity contribution in [3.8, 4) is 0 Å². The van der Waals surface area contributed by atoms with Crippen LogP contribution in [0.25, 0.3) is 0 Å². The van der Waals surface area contributed by atoms with Crippen LogP contribution >= 0.6 is 11.3 Å². The molecule has 0 fully saturated rings. The van der Waals surface area contributed by atoms with Gasteiger partial charge in [0.2, 0.25) is 0 Å². The zero-order valence-corrected chi connectivity index (χ0v) is 10.6. The highest BCUT2D eigenvalue weighted by Crippen LogP contribution is 2.35. The first kappa shape index (κ1) is 11.0. The van der Waals surface area contributed by atoms with E-state index >= 15 is 0 Å². The normalized spacial score (nSPS) is 20.2. The summed E-state index contributed by atoms with van der Waals surface area (Å²) in [7, 11) is 0. The maximum atomic E-state index is 6.39.